The first-order valence-corrected chi connectivity index (χ1v) is 10.7. The predicted molar refractivity (Wildman–Crippen MR) is 115 cm³/mol. The Morgan fingerprint density at radius 1 is 1.20 bits per heavy atom. The van der Waals surface area contributed by atoms with Crippen LogP contribution in [0.15, 0.2) is 42.6 Å². The van der Waals surface area contributed by atoms with Gasteiger partial charge < -0.3 is 15.0 Å². The molecule has 1 aromatic carbocycles. The third-order valence-corrected chi connectivity index (χ3v) is 5.85. The lowest BCUT2D eigenvalue weighted by atomic mass is 10.1. The number of amides is 1. The minimum absolute atomic E-state index is 0.0840. The van der Waals surface area contributed by atoms with Crippen LogP contribution in [0.3, 0.4) is 0 Å². The molecule has 4 rings (SSSR count). The number of pyridine rings is 1. The largest absolute Gasteiger partial charge is 0.378 e. The van der Waals surface area contributed by atoms with Crippen LogP contribution >= 0.6 is 11.3 Å². The summed E-state index contributed by atoms with van der Waals surface area (Å²) in [7, 11) is 0. The third kappa shape index (κ3) is 5.01. The molecule has 1 amide bonds. The Morgan fingerprint density at radius 3 is 2.67 bits per heavy atom. The second-order valence-corrected chi connectivity index (χ2v) is 8.38. The molecule has 3 aromatic rings. The summed E-state index contributed by atoms with van der Waals surface area (Å²) < 4.78 is 18.6. The maximum absolute atomic E-state index is 13.2. The van der Waals surface area contributed by atoms with Crippen molar-refractivity contribution in [2.24, 2.45) is 0 Å². The number of morpholine rings is 1. The zero-order valence-electron chi connectivity index (χ0n) is 16.7. The Hall–Kier alpha value is -2.84. The second kappa shape index (κ2) is 9.32. The van der Waals surface area contributed by atoms with Gasteiger partial charge >= 0.3 is 0 Å². The van der Waals surface area contributed by atoms with Crippen LogP contribution in [0.2, 0.25) is 0 Å². The van der Waals surface area contributed by atoms with Crippen molar-refractivity contribution in [2.45, 2.75) is 19.9 Å². The Kier molecular flexibility index (Phi) is 6.35. The number of benzene rings is 1. The first kappa shape index (κ1) is 20.4. The highest BCUT2D eigenvalue weighted by Crippen LogP contribution is 2.28. The first-order valence-electron chi connectivity index (χ1n) is 9.85. The van der Waals surface area contributed by atoms with E-state index in [9.17, 15) is 9.18 Å². The molecule has 0 radical (unpaired) electrons. The van der Waals surface area contributed by atoms with Crippen molar-refractivity contribution >= 4 is 23.1 Å². The highest BCUT2D eigenvalue weighted by molar-refractivity contribution is 7.12. The van der Waals surface area contributed by atoms with Crippen LogP contribution in [-0.2, 0) is 22.5 Å². The molecule has 1 aliphatic rings. The molecule has 0 unspecified atom stereocenters. The molecule has 156 valence electrons. The molecular weight excluding hydrogens is 403 g/mol. The van der Waals surface area contributed by atoms with Gasteiger partial charge in [0.05, 0.1) is 30.3 Å². The van der Waals surface area contributed by atoms with Gasteiger partial charge in [-0.25, -0.2) is 14.4 Å². The van der Waals surface area contributed by atoms with Crippen LogP contribution in [-0.4, -0.2) is 42.2 Å². The molecule has 0 atom stereocenters. The summed E-state index contributed by atoms with van der Waals surface area (Å²) in [6.07, 6.45) is 2.03. The third-order valence-electron chi connectivity index (χ3n) is 4.88. The quantitative estimate of drug-likeness (QED) is 0.655. The van der Waals surface area contributed by atoms with Crippen molar-refractivity contribution < 1.29 is 13.9 Å². The van der Waals surface area contributed by atoms with E-state index in [-0.39, 0.29) is 18.1 Å². The van der Waals surface area contributed by atoms with Crippen LogP contribution in [0.4, 0.5) is 10.2 Å². The fourth-order valence-corrected chi connectivity index (χ4v) is 4.29. The molecule has 30 heavy (non-hydrogen) atoms. The fourth-order valence-electron chi connectivity index (χ4n) is 3.33. The van der Waals surface area contributed by atoms with E-state index in [4.69, 9.17) is 4.74 Å². The Morgan fingerprint density at radius 2 is 1.97 bits per heavy atom. The number of aromatic nitrogens is 2. The number of nitrogens with zero attached hydrogens (tertiary/aromatic N) is 3. The Bertz CT molecular complexity index is 999. The van der Waals surface area contributed by atoms with Gasteiger partial charge in [0.25, 0.3) is 0 Å². The lowest BCUT2D eigenvalue weighted by Crippen LogP contribution is -2.36. The highest BCUT2D eigenvalue weighted by atomic mass is 32.1. The van der Waals surface area contributed by atoms with Gasteiger partial charge in [-0.15, -0.1) is 11.3 Å². The van der Waals surface area contributed by atoms with Crippen molar-refractivity contribution in [1.29, 1.82) is 0 Å². The molecule has 0 saturated carbocycles. The van der Waals surface area contributed by atoms with Gasteiger partial charge in [-0.2, -0.15) is 0 Å². The fraction of sp³-hybridized carbons (Fsp3) is 0.318. The summed E-state index contributed by atoms with van der Waals surface area (Å²) in [6.45, 7) is 5.44. The number of nitrogens with one attached hydrogen (secondary N) is 1. The SMILES string of the molecule is Cc1nc(-c2ccc(F)cc2)c(CC(=O)NCc2ccc(N3CCOCC3)nc2)s1. The zero-order chi connectivity index (χ0) is 20.9. The van der Waals surface area contributed by atoms with E-state index >= 15 is 0 Å². The first-order chi connectivity index (χ1) is 14.6. The molecule has 1 aliphatic heterocycles. The van der Waals surface area contributed by atoms with Gasteiger partial charge in [-0.3, -0.25) is 4.79 Å². The summed E-state index contributed by atoms with van der Waals surface area (Å²) in [5.74, 6) is 0.551. The van der Waals surface area contributed by atoms with Crippen LogP contribution in [0.5, 0.6) is 0 Å². The van der Waals surface area contributed by atoms with E-state index in [1.54, 1.807) is 18.3 Å². The van der Waals surface area contributed by atoms with Gasteiger partial charge in [0.15, 0.2) is 0 Å². The molecule has 3 heterocycles. The van der Waals surface area contributed by atoms with E-state index in [1.165, 1.54) is 23.5 Å². The minimum Gasteiger partial charge on any atom is -0.378 e. The Balaban J connectivity index is 1.36. The molecule has 0 spiro atoms. The zero-order valence-corrected chi connectivity index (χ0v) is 17.5. The number of carbonyl (C=O) groups is 1. The molecule has 1 saturated heterocycles. The van der Waals surface area contributed by atoms with Crippen molar-refractivity contribution in [3.63, 3.8) is 0 Å². The smallest absolute Gasteiger partial charge is 0.225 e. The van der Waals surface area contributed by atoms with Crippen molar-refractivity contribution in [3.8, 4) is 11.3 Å². The van der Waals surface area contributed by atoms with Crippen LogP contribution in [0, 0.1) is 12.7 Å². The summed E-state index contributed by atoms with van der Waals surface area (Å²) in [5, 5.41) is 3.82. The molecule has 1 N–H and O–H groups in total. The molecular formula is C22H23FN4O2S. The normalized spacial score (nSPS) is 14.0. The topological polar surface area (TPSA) is 67.4 Å². The molecule has 0 bridgehead atoms. The average molecular weight is 427 g/mol. The highest BCUT2D eigenvalue weighted by Gasteiger charge is 2.15. The number of rotatable bonds is 6. The van der Waals surface area contributed by atoms with Gasteiger partial charge in [-0.1, -0.05) is 6.07 Å². The van der Waals surface area contributed by atoms with Gasteiger partial charge in [0, 0.05) is 36.3 Å². The van der Waals surface area contributed by atoms with Crippen molar-refractivity contribution in [1.82, 2.24) is 15.3 Å². The lowest BCUT2D eigenvalue weighted by molar-refractivity contribution is -0.120. The second-order valence-electron chi connectivity index (χ2n) is 7.09. The monoisotopic (exact) mass is 426 g/mol. The summed E-state index contributed by atoms with van der Waals surface area (Å²) in [6, 6.07) is 10.1. The van der Waals surface area contributed by atoms with E-state index in [2.05, 4.69) is 20.2 Å². The number of aryl methyl sites for hydroxylation is 1. The number of halogens is 1. The Labute approximate surface area is 178 Å². The van der Waals surface area contributed by atoms with E-state index in [0.29, 0.717) is 6.54 Å². The maximum Gasteiger partial charge on any atom is 0.225 e. The number of hydrogen-bond donors (Lipinski definition) is 1. The summed E-state index contributed by atoms with van der Waals surface area (Å²) >= 11 is 1.49. The molecule has 1 fully saturated rings. The molecule has 2 aromatic heterocycles. The van der Waals surface area contributed by atoms with E-state index < -0.39 is 0 Å². The van der Waals surface area contributed by atoms with E-state index in [1.807, 2.05) is 19.1 Å². The average Bonchev–Trinajstić information content (AvgIpc) is 3.13. The van der Waals surface area contributed by atoms with Gasteiger partial charge in [0.2, 0.25) is 5.91 Å². The molecule has 6 nitrogen and oxygen atoms in total. The summed E-state index contributed by atoms with van der Waals surface area (Å²) in [4.78, 5) is 24.6. The minimum atomic E-state index is -0.293. The number of carbonyl (C=O) groups excluding carboxylic acids is 1. The molecule has 8 heteroatoms. The van der Waals surface area contributed by atoms with Gasteiger partial charge in [-0.05, 0) is 42.8 Å². The van der Waals surface area contributed by atoms with Crippen LogP contribution < -0.4 is 10.2 Å². The van der Waals surface area contributed by atoms with Gasteiger partial charge in [0.1, 0.15) is 11.6 Å². The van der Waals surface area contributed by atoms with Crippen LogP contribution in [0.1, 0.15) is 15.4 Å². The molecule has 0 aliphatic carbocycles. The number of anilines is 1. The predicted octanol–water partition coefficient (Wildman–Crippen LogP) is 3.35. The van der Waals surface area contributed by atoms with E-state index in [0.717, 1.165) is 58.8 Å². The maximum atomic E-state index is 13.2. The summed E-state index contributed by atoms with van der Waals surface area (Å²) in [5.41, 5.74) is 2.50. The number of ether oxygens (including phenoxy) is 1. The standard InChI is InChI=1S/C22H23FN4O2S/c1-15-26-22(17-3-5-18(23)6-4-17)19(30-15)12-21(28)25-14-16-2-7-20(24-13-16)27-8-10-29-11-9-27/h2-7,13H,8-12,14H2,1H3,(H,25,28). The van der Waals surface area contributed by atoms with Crippen molar-refractivity contribution in [3.05, 3.63) is 63.9 Å². The lowest BCUT2D eigenvalue weighted by Gasteiger charge is -2.27. The van der Waals surface area contributed by atoms with Crippen molar-refractivity contribution in [2.75, 3.05) is 31.2 Å². The number of thiazole rings is 1. The van der Waals surface area contributed by atoms with Crippen LogP contribution in [0.25, 0.3) is 11.3 Å². The number of hydrogen-bond acceptors (Lipinski definition) is 6.